The lowest BCUT2D eigenvalue weighted by molar-refractivity contribution is -0.136. The predicted octanol–water partition coefficient (Wildman–Crippen LogP) is 3.90. The number of benzene rings is 2. The van der Waals surface area contributed by atoms with Gasteiger partial charge in [0.15, 0.2) is 0 Å². The minimum Gasteiger partial charge on any atom is -0.494 e. The van der Waals surface area contributed by atoms with Gasteiger partial charge in [0.1, 0.15) is 5.75 Å². The minimum absolute atomic E-state index is 0.336. The van der Waals surface area contributed by atoms with E-state index in [-0.39, 0.29) is 12.0 Å². The molecule has 138 valence electrons. The minimum atomic E-state index is -0.359. The van der Waals surface area contributed by atoms with Crippen molar-refractivity contribution in [1.29, 1.82) is 0 Å². The Hall–Kier alpha value is -3.28. The van der Waals surface area contributed by atoms with Gasteiger partial charge in [0.05, 0.1) is 36.4 Å². The molecule has 2 aromatic carbocycles. The van der Waals surface area contributed by atoms with E-state index in [9.17, 15) is 4.79 Å². The summed E-state index contributed by atoms with van der Waals surface area (Å²) < 4.78 is 12.7. The van der Waals surface area contributed by atoms with Gasteiger partial charge >= 0.3 is 5.97 Å². The summed E-state index contributed by atoms with van der Waals surface area (Å²) >= 11 is 0. The van der Waals surface area contributed by atoms with Gasteiger partial charge in [0, 0.05) is 5.70 Å². The zero-order valence-corrected chi connectivity index (χ0v) is 15.5. The summed E-state index contributed by atoms with van der Waals surface area (Å²) in [5, 5.41) is 3.25. The SMILES string of the molecule is CCOc1ccc(C2C(C(=O)OC)=C(C)Nc3nc4ccccc4n32)cc1. The van der Waals surface area contributed by atoms with Crippen LogP contribution < -0.4 is 10.1 Å². The first kappa shape index (κ1) is 17.1. The molecule has 3 aromatic rings. The summed E-state index contributed by atoms with van der Waals surface area (Å²) in [5.74, 6) is 1.15. The third kappa shape index (κ3) is 2.83. The van der Waals surface area contributed by atoms with Crippen LogP contribution in [0.1, 0.15) is 25.5 Å². The van der Waals surface area contributed by atoms with Crippen molar-refractivity contribution in [2.24, 2.45) is 0 Å². The van der Waals surface area contributed by atoms with Crippen molar-refractivity contribution >= 4 is 23.0 Å². The Balaban J connectivity index is 1.93. The van der Waals surface area contributed by atoms with Crippen molar-refractivity contribution in [3.63, 3.8) is 0 Å². The van der Waals surface area contributed by atoms with Gasteiger partial charge in [0.2, 0.25) is 5.95 Å². The van der Waals surface area contributed by atoms with E-state index in [1.54, 1.807) is 0 Å². The van der Waals surface area contributed by atoms with Crippen LogP contribution in [-0.2, 0) is 9.53 Å². The summed E-state index contributed by atoms with van der Waals surface area (Å²) in [7, 11) is 1.40. The molecule has 0 saturated carbocycles. The maximum Gasteiger partial charge on any atom is 0.337 e. The Morgan fingerprint density at radius 1 is 1.19 bits per heavy atom. The molecule has 0 saturated heterocycles. The standard InChI is InChI=1S/C21H21N3O3/c1-4-27-15-11-9-14(10-12-15)19-18(20(25)26-3)13(2)22-21-23-16-7-5-6-8-17(16)24(19)21/h5-12,19H,4H2,1-3H3,(H,22,23). The number of aromatic nitrogens is 2. The zero-order chi connectivity index (χ0) is 19.0. The molecule has 4 rings (SSSR count). The first-order valence-electron chi connectivity index (χ1n) is 8.90. The molecule has 1 N–H and O–H groups in total. The van der Waals surface area contributed by atoms with Crippen molar-refractivity contribution in [3.8, 4) is 5.75 Å². The van der Waals surface area contributed by atoms with Crippen LogP contribution in [0, 0.1) is 0 Å². The Labute approximate surface area is 157 Å². The first-order chi connectivity index (χ1) is 13.1. The average molecular weight is 363 g/mol. The number of carbonyl (C=O) groups is 1. The monoisotopic (exact) mass is 363 g/mol. The first-order valence-corrected chi connectivity index (χ1v) is 8.90. The van der Waals surface area contributed by atoms with E-state index in [1.165, 1.54) is 7.11 Å². The quantitative estimate of drug-likeness (QED) is 0.712. The van der Waals surface area contributed by atoms with Gasteiger partial charge in [-0.25, -0.2) is 9.78 Å². The Morgan fingerprint density at radius 3 is 2.63 bits per heavy atom. The number of para-hydroxylation sites is 2. The molecule has 2 heterocycles. The second-order valence-corrected chi connectivity index (χ2v) is 6.35. The molecule has 6 nitrogen and oxygen atoms in total. The molecule has 0 bridgehead atoms. The fourth-order valence-electron chi connectivity index (χ4n) is 3.57. The van der Waals surface area contributed by atoms with E-state index in [0.717, 1.165) is 28.0 Å². The van der Waals surface area contributed by atoms with Crippen molar-refractivity contribution in [3.05, 3.63) is 65.4 Å². The smallest absolute Gasteiger partial charge is 0.337 e. The van der Waals surface area contributed by atoms with E-state index in [2.05, 4.69) is 10.3 Å². The maximum atomic E-state index is 12.6. The molecular formula is C21H21N3O3. The number of esters is 1. The molecule has 1 aromatic heterocycles. The number of allylic oxidation sites excluding steroid dienone is 1. The van der Waals surface area contributed by atoms with Gasteiger partial charge in [-0.15, -0.1) is 0 Å². The number of hydrogen-bond donors (Lipinski definition) is 1. The van der Waals surface area contributed by atoms with Crippen LogP contribution in [0.15, 0.2) is 59.8 Å². The second kappa shape index (κ2) is 6.79. The number of ether oxygens (including phenoxy) is 2. The summed E-state index contributed by atoms with van der Waals surface area (Å²) in [4.78, 5) is 17.3. The molecule has 1 aliphatic rings. The van der Waals surface area contributed by atoms with Crippen molar-refractivity contribution in [2.75, 3.05) is 19.0 Å². The normalized spacial score (nSPS) is 16.0. The third-order valence-electron chi connectivity index (χ3n) is 4.74. The van der Waals surface area contributed by atoms with Gasteiger partial charge < -0.3 is 14.8 Å². The lowest BCUT2D eigenvalue weighted by atomic mass is 9.95. The molecule has 27 heavy (non-hydrogen) atoms. The van der Waals surface area contributed by atoms with Crippen LogP contribution in [0.2, 0.25) is 0 Å². The maximum absolute atomic E-state index is 12.6. The van der Waals surface area contributed by atoms with Crippen molar-refractivity contribution in [1.82, 2.24) is 9.55 Å². The summed E-state index contributed by atoms with van der Waals surface area (Å²) in [5.41, 5.74) is 4.09. The van der Waals surface area contributed by atoms with Crippen LogP contribution in [0.4, 0.5) is 5.95 Å². The molecule has 0 aliphatic carbocycles. The molecule has 0 fully saturated rings. The average Bonchev–Trinajstić information content (AvgIpc) is 3.05. The summed E-state index contributed by atoms with van der Waals surface area (Å²) in [6.45, 7) is 4.43. The molecular weight excluding hydrogens is 342 g/mol. The lowest BCUT2D eigenvalue weighted by Crippen LogP contribution is -2.28. The second-order valence-electron chi connectivity index (χ2n) is 6.35. The molecule has 1 atom stereocenters. The zero-order valence-electron chi connectivity index (χ0n) is 15.5. The molecule has 1 aliphatic heterocycles. The molecule has 0 amide bonds. The molecule has 1 unspecified atom stereocenters. The molecule has 0 radical (unpaired) electrons. The molecule has 6 heteroatoms. The number of hydrogen-bond acceptors (Lipinski definition) is 5. The number of methoxy groups -OCH3 is 1. The Kier molecular flexibility index (Phi) is 4.32. The van der Waals surface area contributed by atoms with E-state index < -0.39 is 0 Å². The Morgan fingerprint density at radius 2 is 1.93 bits per heavy atom. The van der Waals surface area contributed by atoms with E-state index >= 15 is 0 Å². The van der Waals surface area contributed by atoms with Crippen LogP contribution in [0.3, 0.4) is 0 Å². The van der Waals surface area contributed by atoms with Crippen molar-refractivity contribution in [2.45, 2.75) is 19.9 Å². The highest BCUT2D eigenvalue weighted by Gasteiger charge is 2.34. The van der Waals surface area contributed by atoms with Gasteiger partial charge in [-0.1, -0.05) is 24.3 Å². The van der Waals surface area contributed by atoms with E-state index in [4.69, 9.17) is 9.47 Å². The molecule has 0 spiro atoms. The largest absolute Gasteiger partial charge is 0.494 e. The number of fused-ring (bicyclic) bond motifs is 3. The number of nitrogens with zero attached hydrogens (tertiary/aromatic N) is 2. The van der Waals surface area contributed by atoms with Gasteiger partial charge in [-0.05, 0) is 43.7 Å². The third-order valence-corrected chi connectivity index (χ3v) is 4.74. The Bertz CT molecular complexity index is 1030. The summed E-state index contributed by atoms with van der Waals surface area (Å²) in [6.07, 6.45) is 0. The number of anilines is 1. The van der Waals surface area contributed by atoms with E-state index in [1.807, 2.05) is 66.9 Å². The topological polar surface area (TPSA) is 65.4 Å². The van der Waals surface area contributed by atoms with Crippen LogP contribution in [0.5, 0.6) is 5.75 Å². The number of carbonyl (C=O) groups excluding carboxylic acids is 1. The highest BCUT2D eigenvalue weighted by atomic mass is 16.5. The lowest BCUT2D eigenvalue weighted by Gasteiger charge is -2.30. The fourth-order valence-corrected chi connectivity index (χ4v) is 3.57. The fraction of sp³-hybridized carbons (Fsp3) is 0.238. The number of rotatable bonds is 4. The van der Waals surface area contributed by atoms with Gasteiger partial charge in [0.25, 0.3) is 0 Å². The van der Waals surface area contributed by atoms with Crippen LogP contribution in [-0.4, -0.2) is 29.2 Å². The highest BCUT2D eigenvalue weighted by Crippen LogP contribution is 2.39. The number of imidazole rings is 1. The van der Waals surface area contributed by atoms with Crippen molar-refractivity contribution < 1.29 is 14.3 Å². The van der Waals surface area contributed by atoms with E-state index in [0.29, 0.717) is 18.1 Å². The summed E-state index contributed by atoms with van der Waals surface area (Å²) in [6, 6.07) is 15.4. The predicted molar refractivity (Wildman–Crippen MR) is 104 cm³/mol. The number of nitrogens with one attached hydrogen (secondary N) is 1. The van der Waals surface area contributed by atoms with Crippen LogP contribution in [0.25, 0.3) is 11.0 Å². The van der Waals surface area contributed by atoms with Crippen LogP contribution >= 0.6 is 0 Å². The highest BCUT2D eigenvalue weighted by molar-refractivity contribution is 5.94. The van der Waals surface area contributed by atoms with Gasteiger partial charge in [-0.2, -0.15) is 0 Å². The van der Waals surface area contributed by atoms with Gasteiger partial charge in [-0.3, -0.25) is 4.57 Å².